The first-order chi connectivity index (χ1) is 11.1. The smallest absolute Gasteiger partial charge is 0.323 e. The monoisotopic (exact) mass is 315 g/mol. The third kappa shape index (κ3) is 3.45. The molecule has 1 aromatic heterocycles. The first-order valence-corrected chi connectivity index (χ1v) is 7.47. The van der Waals surface area contributed by atoms with Crippen molar-refractivity contribution in [2.75, 3.05) is 19.8 Å². The van der Waals surface area contributed by atoms with E-state index < -0.39 is 11.9 Å². The number of carbonyl (C=O) groups is 2. The molecular weight excluding hydrogens is 298 g/mol. The number of para-hydroxylation sites is 2. The van der Waals surface area contributed by atoms with Crippen molar-refractivity contribution in [2.45, 2.75) is 18.9 Å². The van der Waals surface area contributed by atoms with Crippen molar-refractivity contribution in [1.29, 1.82) is 0 Å². The van der Waals surface area contributed by atoms with Gasteiger partial charge in [0.25, 0.3) is 5.91 Å². The van der Waals surface area contributed by atoms with Crippen LogP contribution in [0.1, 0.15) is 23.3 Å². The highest BCUT2D eigenvalue weighted by Crippen LogP contribution is 2.17. The van der Waals surface area contributed by atoms with Crippen molar-refractivity contribution in [1.82, 2.24) is 14.9 Å². The lowest BCUT2D eigenvalue weighted by molar-refractivity contribution is -0.138. The van der Waals surface area contributed by atoms with E-state index >= 15 is 0 Å². The summed E-state index contributed by atoms with van der Waals surface area (Å²) < 4.78 is 5.28. The molecular formula is C16H17N3O4. The van der Waals surface area contributed by atoms with Crippen molar-refractivity contribution >= 4 is 22.9 Å². The van der Waals surface area contributed by atoms with Crippen LogP contribution in [0.4, 0.5) is 0 Å². The van der Waals surface area contributed by atoms with Gasteiger partial charge in [-0.2, -0.15) is 0 Å². The number of hydrogen-bond acceptors (Lipinski definition) is 5. The Morgan fingerprint density at radius 1 is 1.22 bits per heavy atom. The molecule has 1 amide bonds. The number of aliphatic carboxylic acids is 1. The van der Waals surface area contributed by atoms with Gasteiger partial charge in [-0.1, -0.05) is 12.1 Å². The van der Waals surface area contributed by atoms with Gasteiger partial charge >= 0.3 is 5.97 Å². The fourth-order valence-electron chi connectivity index (χ4n) is 2.72. The number of rotatable bonds is 4. The Bertz CT molecular complexity index is 728. The zero-order valence-corrected chi connectivity index (χ0v) is 12.5. The van der Waals surface area contributed by atoms with E-state index in [1.54, 1.807) is 6.07 Å². The average molecular weight is 315 g/mol. The van der Waals surface area contributed by atoms with Gasteiger partial charge in [-0.15, -0.1) is 0 Å². The molecule has 7 heteroatoms. The topological polar surface area (TPSA) is 92.6 Å². The van der Waals surface area contributed by atoms with Gasteiger partial charge in [-0.3, -0.25) is 14.6 Å². The summed E-state index contributed by atoms with van der Waals surface area (Å²) in [6, 6.07) is 7.09. The minimum absolute atomic E-state index is 0.152. The molecule has 1 saturated heterocycles. The maximum absolute atomic E-state index is 12.7. The van der Waals surface area contributed by atoms with Gasteiger partial charge in [-0.05, 0) is 25.0 Å². The van der Waals surface area contributed by atoms with Crippen LogP contribution < -0.4 is 0 Å². The zero-order chi connectivity index (χ0) is 16.2. The van der Waals surface area contributed by atoms with Gasteiger partial charge in [0.1, 0.15) is 12.2 Å². The minimum Gasteiger partial charge on any atom is -0.480 e. The van der Waals surface area contributed by atoms with Crippen LogP contribution in [0.25, 0.3) is 11.0 Å². The Hall–Kier alpha value is -2.54. The molecule has 120 valence electrons. The lowest BCUT2D eigenvalue weighted by Gasteiger charge is -2.32. The molecule has 2 heterocycles. The molecule has 1 aliphatic heterocycles. The Kier molecular flexibility index (Phi) is 4.47. The number of ether oxygens (including phenoxy) is 1. The molecule has 1 fully saturated rings. The molecule has 1 N–H and O–H groups in total. The number of benzene rings is 1. The maximum Gasteiger partial charge on any atom is 0.323 e. The molecule has 3 rings (SSSR count). The second kappa shape index (κ2) is 6.70. The van der Waals surface area contributed by atoms with Crippen LogP contribution in [0.3, 0.4) is 0 Å². The third-order valence-corrected chi connectivity index (χ3v) is 3.87. The summed E-state index contributed by atoms with van der Waals surface area (Å²) in [5.74, 6) is -1.45. The molecule has 0 atom stereocenters. The van der Waals surface area contributed by atoms with Gasteiger partial charge in [0.15, 0.2) is 0 Å². The van der Waals surface area contributed by atoms with Gasteiger partial charge in [0.2, 0.25) is 0 Å². The fraction of sp³-hybridized carbons (Fsp3) is 0.375. The van der Waals surface area contributed by atoms with E-state index in [-0.39, 0.29) is 18.3 Å². The Balaban J connectivity index is 1.89. The van der Waals surface area contributed by atoms with Gasteiger partial charge in [-0.25, -0.2) is 4.98 Å². The summed E-state index contributed by atoms with van der Waals surface area (Å²) >= 11 is 0. The molecule has 0 aliphatic carbocycles. The molecule has 0 radical (unpaired) electrons. The highest BCUT2D eigenvalue weighted by Gasteiger charge is 2.29. The largest absolute Gasteiger partial charge is 0.480 e. The van der Waals surface area contributed by atoms with E-state index in [0.717, 1.165) is 0 Å². The van der Waals surface area contributed by atoms with E-state index in [4.69, 9.17) is 9.84 Å². The number of carboxylic acid groups (broad SMARTS) is 1. The van der Waals surface area contributed by atoms with Crippen LogP contribution in [0.5, 0.6) is 0 Å². The lowest BCUT2D eigenvalue weighted by Crippen LogP contribution is -2.46. The molecule has 2 aromatic rings. The molecule has 1 aliphatic rings. The summed E-state index contributed by atoms with van der Waals surface area (Å²) in [7, 11) is 0. The Morgan fingerprint density at radius 2 is 1.91 bits per heavy atom. The number of carboxylic acids is 1. The van der Waals surface area contributed by atoms with E-state index in [1.807, 2.05) is 18.2 Å². The van der Waals surface area contributed by atoms with E-state index in [9.17, 15) is 9.59 Å². The highest BCUT2D eigenvalue weighted by molar-refractivity contribution is 5.95. The minimum atomic E-state index is -1.04. The number of fused-ring (bicyclic) bond motifs is 1. The van der Waals surface area contributed by atoms with Crippen LogP contribution in [-0.2, 0) is 9.53 Å². The van der Waals surface area contributed by atoms with Crippen LogP contribution in [0.2, 0.25) is 0 Å². The number of nitrogens with zero attached hydrogens (tertiary/aromatic N) is 3. The summed E-state index contributed by atoms with van der Waals surface area (Å²) in [5.41, 5.74) is 1.47. The van der Waals surface area contributed by atoms with Crippen molar-refractivity contribution in [2.24, 2.45) is 0 Å². The van der Waals surface area contributed by atoms with Crippen LogP contribution in [0, 0.1) is 0 Å². The lowest BCUT2D eigenvalue weighted by atomic mass is 10.1. The van der Waals surface area contributed by atoms with Crippen LogP contribution >= 0.6 is 0 Å². The Labute approximate surface area is 132 Å². The molecule has 0 unspecified atom stereocenters. The van der Waals surface area contributed by atoms with Crippen molar-refractivity contribution < 1.29 is 19.4 Å². The quantitative estimate of drug-likeness (QED) is 0.915. The third-order valence-electron chi connectivity index (χ3n) is 3.87. The van der Waals surface area contributed by atoms with E-state index in [0.29, 0.717) is 37.1 Å². The number of carbonyl (C=O) groups excluding carboxylic acids is 1. The molecule has 23 heavy (non-hydrogen) atoms. The first-order valence-electron chi connectivity index (χ1n) is 7.47. The number of hydrogen-bond donors (Lipinski definition) is 1. The van der Waals surface area contributed by atoms with Crippen molar-refractivity contribution in [3.63, 3.8) is 0 Å². The predicted octanol–water partition coefficient (Wildman–Crippen LogP) is 1.34. The van der Waals surface area contributed by atoms with E-state index in [1.165, 1.54) is 11.1 Å². The van der Waals surface area contributed by atoms with Gasteiger partial charge < -0.3 is 14.7 Å². The molecule has 7 nitrogen and oxygen atoms in total. The molecule has 0 saturated carbocycles. The summed E-state index contributed by atoms with van der Waals surface area (Å²) in [5, 5.41) is 9.12. The molecule has 1 aromatic carbocycles. The standard InChI is InChI=1S/C16H17N3O4/c20-15(21)10-19(11-5-7-23-8-6-11)16(22)14-9-17-12-3-1-2-4-13(12)18-14/h1-4,9,11H,5-8,10H2,(H,20,21). The first kappa shape index (κ1) is 15.4. The fourth-order valence-corrected chi connectivity index (χ4v) is 2.72. The normalized spacial score (nSPS) is 15.5. The summed E-state index contributed by atoms with van der Waals surface area (Å²) in [6.07, 6.45) is 2.65. The van der Waals surface area contributed by atoms with E-state index in [2.05, 4.69) is 9.97 Å². The Morgan fingerprint density at radius 3 is 2.61 bits per heavy atom. The van der Waals surface area contributed by atoms with Crippen molar-refractivity contribution in [3.05, 3.63) is 36.2 Å². The second-order valence-electron chi connectivity index (χ2n) is 5.41. The van der Waals surface area contributed by atoms with Gasteiger partial charge in [0.05, 0.1) is 17.2 Å². The zero-order valence-electron chi connectivity index (χ0n) is 12.5. The molecule has 0 bridgehead atoms. The molecule has 0 spiro atoms. The van der Waals surface area contributed by atoms with Crippen LogP contribution in [0.15, 0.2) is 30.5 Å². The van der Waals surface area contributed by atoms with Gasteiger partial charge in [0, 0.05) is 19.3 Å². The van der Waals surface area contributed by atoms with Crippen molar-refractivity contribution in [3.8, 4) is 0 Å². The maximum atomic E-state index is 12.7. The summed E-state index contributed by atoms with van der Waals surface area (Å²) in [6.45, 7) is 0.701. The second-order valence-corrected chi connectivity index (χ2v) is 5.41. The SMILES string of the molecule is O=C(O)CN(C(=O)c1cnc2ccccc2n1)C1CCOCC1. The summed E-state index contributed by atoms with van der Waals surface area (Å²) in [4.78, 5) is 33.8. The average Bonchev–Trinajstić information content (AvgIpc) is 2.59. The number of aromatic nitrogens is 2. The highest BCUT2D eigenvalue weighted by atomic mass is 16.5. The van der Waals surface area contributed by atoms with Crippen LogP contribution in [-0.4, -0.2) is 57.7 Å². The predicted molar refractivity (Wildman–Crippen MR) is 82.1 cm³/mol. The number of amides is 1.